The van der Waals surface area contributed by atoms with Crippen LogP contribution in [0.1, 0.15) is 34.0 Å². The smallest absolute Gasteiger partial charge is 0.358 e. The molecular formula is C14H12ClNO4S. The first-order chi connectivity index (χ1) is 9.93. The summed E-state index contributed by atoms with van der Waals surface area (Å²) in [5.41, 5.74) is 0.620. The number of carbonyl (C=O) groups is 2. The molecule has 2 rings (SSSR count). The van der Waals surface area contributed by atoms with Crippen molar-refractivity contribution >= 4 is 34.7 Å². The van der Waals surface area contributed by atoms with E-state index in [2.05, 4.69) is 4.98 Å². The molecule has 0 radical (unpaired) electrons. The molecule has 0 unspecified atom stereocenters. The van der Waals surface area contributed by atoms with Gasteiger partial charge in [-0.3, -0.25) is 4.79 Å². The van der Waals surface area contributed by atoms with Crippen LogP contribution in [0.15, 0.2) is 18.2 Å². The first-order valence-electron chi connectivity index (χ1n) is 6.11. The van der Waals surface area contributed by atoms with E-state index in [0.29, 0.717) is 10.6 Å². The second-order valence-corrected chi connectivity index (χ2v) is 5.55. The number of Topliss-reactive ketones (excluding diaryl/α,β-unsaturated/α-hetero) is 1. The minimum Gasteiger partial charge on any atom is -0.506 e. The number of benzene rings is 1. The summed E-state index contributed by atoms with van der Waals surface area (Å²) in [6.07, 6.45) is 0. The second-order valence-electron chi connectivity index (χ2n) is 4.14. The first kappa shape index (κ1) is 15.5. The van der Waals surface area contributed by atoms with E-state index in [1.807, 2.05) is 0 Å². The summed E-state index contributed by atoms with van der Waals surface area (Å²) in [6.45, 7) is 3.25. The Morgan fingerprint density at radius 1 is 1.43 bits per heavy atom. The normalized spacial score (nSPS) is 10.4. The van der Waals surface area contributed by atoms with Crippen LogP contribution in [0.5, 0.6) is 5.75 Å². The molecule has 0 saturated heterocycles. The van der Waals surface area contributed by atoms with Crippen molar-refractivity contribution in [1.82, 2.24) is 4.98 Å². The molecule has 7 heteroatoms. The van der Waals surface area contributed by atoms with Crippen LogP contribution >= 0.6 is 22.9 Å². The SMILES string of the molecule is CCOC(=O)c1nc(-c2ccc(O)c(Cl)c2)sc1C(C)=O. The number of ketones is 1. The first-order valence-corrected chi connectivity index (χ1v) is 7.31. The minimum absolute atomic E-state index is 0.00791. The molecule has 110 valence electrons. The number of carbonyl (C=O) groups excluding carboxylic acids is 2. The molecule has 2 aromatic rings. The number of hydrogen-bond donors (Lipinski definition) is 1. The van der Waals surface area contributed by atoms with Crippen LogP contribution in [0.2, 0.25) is 5.02 Å². The lowest BCUT2D eigenvalue weighted by molar-refractivity contribution is 0.0517. The van der Waals surface area contributed by atoms with Gasteiger partial charge in [0.1, 0.15) is 15.6 Å². The van der Waals surface area contributed by atoms with Gasteiger partial charge in [0.2, 0.25) is 0 Å². The zero-order valence-electron chi connectivity index (χ0n) is 11.3. The summed E-state index contributed by atoms with van der Waals surface area (Å²) in [6, 6.07) is 4.56. The van der Waals surface area contributed by atoms with Crippen LogP contribution in [0, 0.1) is 0 Å². The molecule has 0 bridgehead atoms. The van der Waals surface area contributed by atoms with E-state index in [4.69, 9.17) is 16.3 Å². The molecule has 0 spiro atoms. The highest BCUT2D eigenvalue weighted by Crippen LogP contribution is 2.33. The maximum Gasteiger partial charge on any atom is 0.358 e. The lowest BCUT2D eigenvalue weighted by Crippen LogP contribution is -2.09. The molecule has 0 aliphatic carbocycles. The number of thiazole rings is 1. The van der Waals surface area contributed by atoms with Gasteiger partial charge in [-0.25, -0.2) is 9.78 Å². The molecule has 1 N–H and O–H groups in total. The Hall–Kier alpha value is -1.92. The highest BCUT2D eigenvalue weighted by Gasteiger charge is 2.23. The summed E-state index contributed by atoms with van der Waals surface area (Å²) < 4.78 is 4.90. The standard InChI is InChI=1S/C14H12ClNO4S/c1-3-20-14(19)11-12(7(2)17)21-13(16-11)8-4-5-10(18)9(15)6-8/h4-6,18H,3H2,1-2H3. The van der Waals surface area contributed by atoms with Crippen molar-refractivity contribution < 1.29 is 19.4 Å². The second kappa shape index (κ2) is 6.24. The summed E-state index contributed by atoms with van der Waals surface area (Å²) >= 11 is 6.94. The highest BCUT2D eigenvalue weighted by molar-refractivity contribution is 7.17. The van der Waals surface area contributed by atoms with Gasteiger partial charge in [0.25, 0.3) is 0 Å². The number of halogens is 1. The Labute approximate surface area is 130 Å². The van der Waals surface area contributed by atoms with E-state index >= 15 is 0 Å². The Kier molecular flexibility index (Phi) is 4.59. The maximum atomic E-state index is 11.8. The quantitative estimate of drug-likeness (QED) is 0.687. The predicted octanol–water partition coefficient (Wildman–Crippen LogP) is 3.55. The largest absolute Gasteiger partial charge is 0.506 e. The molecule has 21 heavy (non-hydrogen) atoms. The third-order valence-corrected chi connectivity index (χ3v) is 4.12. The van der Waals surface area contributed by atoms with Crippen molar-refractivity contribution in [1.29, 1.82) is 0 Å². The van der Waals surface area contributed by atoms with Gasteiger partial charge in [-0.15, -0.1) is 11.3 Å². The number of aromatic nitrogens is 1. The van der Waals surface area contributed by atoms with Crippen LogP contribution in [0.4, 0.5) is 0 Å². The van der Waals surface area contributed by atoms with E-state index in [1.54, 1.807) is 13.0 Å². The molecule has 0 amide bonds. The lowest BCUT2D eigenvalue weighted by Gasteiger charge is -2.00. The van der Waals surface area contributed by atoms with Crippen molar-refractivity contribution in [3.63, 3.8) is 0 Å². The average molecular weight is 326 g/mol. The Bertz CT molecular complexity index is 711. The zero-order valence-corrected chi connectivity index (χ0v) is 12.9. The van der Waals surface area contributed by atoms with Crippen molar-refractivity contribution in [3.8, 4) is 16.3 Å². The van der Waals surface area contributed by atoms with E-state index in [-0.39, 0.29) is 33.7 Å². The summed E-state index contributed by atoms with van der Waals surface area (Å²) in [4.78, 5) is 27.9. The fourth-order valence-electron chi connectivity index (χ4n) is 1.66. The van der Waals surface area contributed by atoms with Crippen LogP contribution in [0.3, 0.4) is 0 Å². The molecule has 5 nitrogen and oxygen atoms in total. The highest BCUT2D eigenvalue weighted by atomic mass is 35.5. The maximum absolute atomic E-state index is 11.8. The van der Waals surface area contributed by atoms with Gasteiger partial charge in [0, 0.05) is 12.5 Å². The number of nitrogens with zero attached hydrogens (tertiary/aromatic N) is 1. The van der Waals surface area contributed by atoms with E-state index in [9.17, 15) is 14.7 Å². The topological polar surface area (TPSA) is 76.5 Å². The predicted molar refractivity (Wildman–Crippen MR) is 80.2 cm³/mol. The molecule has 0 aliphatic heterocycles. The summed E-state index contributed by atoms with van der Waals surface area (Å²) in [5, 5.41) is 10.1. The van der Waals surface area contributed by atoms with Crippen LogP contribution in [0.25, 0.3) is 10.6 Å². The Morgan fingerprint density at radius 2 is 2.14 bits per heavy atom. The number of phenols is 1. The van der Waals surface area contributed by atoms with Crippen molar-refractivity contribution in [2.75, 3.05) is 6.61 Å². The van der Waals surface area contributed by atoms with Crippen LogP contribution in [-0.4, -0.2) is 28.4 Å². The van der Waals surface area contributed by atoms with Gasteiger partial charge in [0.15, 0.2) is 11.5 Å². The fourth-order valence-corrected chi connectivity index (χ4v) is 2.78. The molecule has 0 fully saturated rings. The molecule has 1 heterocycles. The Balaban J connectivity index is 2.50. The van der Waals surface area contributed by atoms with E-state index < -0.39 is 5.97 Å². The monoisotopic (exact) mass is 325 g/mol. The molecular weight excluding hydrogens is 314 g/mol. The van der Waals surface area contributed by atoms with E-state index in [1.165, 1.54) is 19.1 Å². The third kappa shape index (κ3) is 3.22. The number of ether oxygens (including phenoxy) is 1. The average Bonchev–Trinajstić information content (AvgIpc) is 2.87. The van der Waals surface area contributed by atoms with Crippen molar-refractivity contribution in [2.45, 2.75) is 13.8 Å². The van der Waals surface area contributed by atoms with Crippen LogP contribution in [-0.2, 0) is 4.74 Å². The Morgan fingerprint density at radius 3 is 2.71 bits per heavy atom. The fraction of sp³-hybridized carbons (Fsp3) is 0.214. The molecule has 1 aromatic heterocycles. The number of esters is 1. The summed E-state index contributed by atoms with van der Waals surface area (Å²) in [5.74, 6) is -0.934. The number of phenolic OH excluding ortho intramolecular Hbond substituents is 1. The third-order valence-electron chi connectivity index (χ3n) is 2.61. The molecule has 0 aliphatic rings. The van der Waals surface area contributed by atoms with Gasteiger partial charge < -0.3 is 9.84 Å². The number of aromatic hydroxyl groups is 1. The van der Waals surface area contributed by atoms with Gasteiger partial charge in [-0.1, -0.05) is 11.6 Å². The lowest BCUT2D eigenvalue weighted by atomic mass is 10.2. The van der Waals surface area contributed by atoms with Gasteiger partial charge in [-0.05, 0) is 25.1 Å². The number of rotatable bonds is 4. The van der Waals surface area contributed by atoms with Crippen molar-refractivity contribution in [2.24, 2.45) is 0 Å². The van der Waals surface area contributed by atoms with Gasteiger partial charge >= 0.3 is 5.97 Å². The van der Waals surface area contributed by atoms with Crippen molar-refractivity contribution in [3.05, 3.63) is 33.8 Å². The van der Waals surface area contributed by atoms with Crippen LogP contribution < -0.4 is 0 Å². The van der Waals surface area contributed by atoms with Gasteiger partial charge in [-0.2, -0.15) is 0 Å². The number of hydrogen-bond acceptors (Lipinski definition) is 6. The van der Waals surface area contributed by atoms with Gasteiger partial charge in [0.05, 0.1) is 11.6 Å². The van der Waals surface area contributed by atoms with E-state index in [0.717, 1.165) is 11.3 Å². The summed E-state index contributed by atoms with van der Waals surface area (Å²) in [7, 11) is 0. The molecule has 0 saturated carbocycles. The zero-order chi connectivity index (χ0) is 15.6. The molecule has 1 aromatic carbocycles. The minimum atomic E-state index is -0.630. The molecule has 0 atom stereocenters.